The van der Waals surface area contributed by atoms with Crippen LogP contribution >= 0.6 is 15.9 Å². The van der Waals surface area contributed by atoms with E-state index in [0.717, 1.165) is 4.47 Å². The number of nitrogens with one attached hydrogen (secondary N) is 1. The Morgan fingerprint density at radius 2 is 2.06 bits per heavy atom. The molecule has 1 aromatic carbocycles. The average molecular weight is 296 g/mol. The van der Waals surface area contributed by atoms with E-state index in [-0.39, 0.29) is 24.1 Å². The van der Waals surface area contributed by atoms with Crippen molar-refractivity contribution < 1.29 is 9.59 Å². The van der Waals surface area contributed by atoms with Gasteiger partial charge in [-0.1, -0.05) is 15.9 Å². The number of halogens is 1. The molecule has 88 valence electrons. The number of hydrogen-bond donors (Lipinski definition) is 1. The van der Waals surface area contributed by atoms with Gasteiger partial charge in [0.15, 0.2) is 11.6 Å². The Morgan fingerprint density at radius 3 is 2.65 bits per heavy atom. The summed E-state index contributed by atoms with van der Waals surface area (Å²) >= 11 is 3.32. The van der Waals surface area contributed by atoms with Crippen LogP contribution in [0.2, 0.25) is 0 Å². The Balaban J connectivity index is 2.27. The number of hydrogen-bond acceptors (Lipinski definition) is 4. The number of carbonyl (C=O) groups excluding carboxylic acids is 2. The fourth-order valence-corrected chi connectivity index (χ4v) is 1.67. The SMILES string of the molecule is CC(=O)C1=NCC(=O)N(c2ccc(Br)cc2)N1. The lowest BCUT2D eigenvalue weighted by atomic mass is 10.3. The molecule has 0 bridgehead atoms. The molecule has 1 amide bonds. The van der Waals surface area contributed by atoms with Crippen molar-refractivity contribution >= 4 is 39.1 Å². The third kappa shape index (κ3) is 2.52. The lowest BCUT2D eigenvalue weighted by Gasteiger charge is -2.27. The third-order valence-corrected chi connectivity index (χ3v) is 2.79. The van der Waals surface area contributed by atoms with Crippen LogP contribution in [0.1, 0.15) is 6.92 Å². The van der Waals surface area contributed by atoms with E-state index in [0.29, 0.717) is 5.69 Å². The third-order valence-electron chi connectivity index (χ3n) is 2.26. The molecule has 0 radical (unpaired) electrons. The molecule has 1 N–H and O–H groups in total. The van der Waals surface area contributed by atoms with Crippen LogP contribution in [0, 0.1) is 0 Å². The van der Waals surface area contributed by atoms with Crippen LogP contribution in [-0.4, -0.2) is 24.1 Å². The molecule has 0 aromatic heterocycles. The number of ketones is 1. The number of amidine groups is 1. The highest BCUT2D eigenvalue weighted by Crippen LogP contribution is 2.18. The van der Waals surface area contributed by atoms with Crippen LogP contribution in [0.4, 0.5) is 5.69 Å². The summed E-state index contributed by atoms with van der Waals surface area (Å²) < 4.78 is 0.922. The highest BCUT2D eigenvalue weighted by Gasteiger charge is 2.23. The number of amides is 1. The van der Waals surface area contributed by atoms with E-state index in [2.05, 4.69) is 26.3 Å². The summed E-state index contributed by atoms with van der Waals surface area (Å²) in [6.45, 7) is 1.39. The number of Topliss-reactive ketones (excluding diaryl/α,β-unsaturated/α-hetero) is 1. The van der Waals surface area contributed by atoms with Crippen LogP contribution in [0.25, 0.3) is 0 Å². The van der Waals surface area contributed by atoms with Crippen molar-refractivity contribution in [2.24, 2.45) is 4.99 Å². The summed E-state index contributed by atoms with van der Waals surface area (Å²) in [6, 6.07) is 7.20. The van der Waals surface area contributed by atoms with Crippen molar-refractivity contribution in [1.29, 1.82) is 0 Å². The molecule has 1 aromatic rings. The number of aliphatic imine (C=N–C) groups is 1. The Bertz CT molecular complexity index is 496. The maximum Gasteiger partial charge on any atom is 0.267 e. The van der Waals surface area contributed by atoms with Crippen LogP contribution in [-0.2, 0) is 9.59 Å². The fraction of sp³-hybridized carbons (Fsp3) is 0.182. The molecule has 0 saturated heterocycles. The van der Waals surface area contributed by atoms with Crippen molar-refractivity contribution in [3.05, 3.63) is 28.7 Å². The standard InChI is InChI=1S/C11H10BrN3O2/c1-7(16)11-13-6-10(17)15(14-11)9-4-2-8(12)3-5-9/h2-5H,6H2,1H3,(H,13,14). The van der Waals surface area contributed by atoms with Gasteiger partial charge in [-0.25, -0.2) is 5.01 Å². The van der Waals surface area contributed by atoms with E-state index in [4.69, 9.17) is 0 Å². The van der Waals surface area contributed by atoms with Gasteiger partial charge in [0.25, 0.3) is 5.91 Å². The Morgan fingerprint density at radius 1 is 1.41 bits per heavy atom. The highest BCUT2D eigenvalue weighted by molar-refractivity contribution is 9.10. The number of rotatable bonds is 2. The predicted molar refractivity (Wildman–Crippen MR) is 67.7 cm³/mol. The van der Waals surface area contributed by atoms with Crippen molar-refractivity contribution in [3.8, 4) is 0 Å². The second-order valence-electron chi connectivity index (χ2n) is 3.54. The Labute approximate surface area is 107 Å². The molecule has 0 spiro atoms. The first-order valence-electron chi connectivity index (χ1n) is 4.98. The minimum atomic E-state index is -0.197. The molecule has 0 fully saturated rings. The smallest absolute Gasteiger partial charge is 0.267 e. The van der Waals surface area contributed by atoms with Crippen LogP contribution < -0.4 is 10.4 Å². The molecule has 0 saturated carbocycles. The second-order valence-corrected chi connectivity index (χ2v) is 4.45. The summed E-state index contributed by atoms with van der Waals surface area (Å²) in [5.41, 5.74) is 3.38. The zero-order chi connectivity index (χ0) is 12.4. The average Bonchev–Trinajstić information content (AvgIpc) is 2.31. The van der Waals surface area contributed by atoms with Gasteiger partial charge in [0.05, 0.1) is 5.69 Å². The van der Waals surface area contributed by atoms with Crippen molar-refractivity contribution in [2.75, 3.05) is 11.6 Å². The first kappa shape index (κ1) is 11.8. The van der Waals surface area contributed by atoms with Gasteiger partial charge in [0, 0.05) is 11.4 Å². The van der Waals surface area contributed by atoms with E-state index < -0.39 is 0 Å². The van der Waals surface area contributed by atoms with E-state index in [1.165, 1.54) is 11.9 Å². The summed E-state index contributed by atoms with van der Waals surface area (Å²) in [4.78, 5) is 26.7. The summed E-state index contributed by atoms with van der Waals surface area (Å²) in [7, 11) is 0. The molecule has 5 nitrogen and oxygen atoms in total. The molecule has 1 aliphatic heterocycles. The largest absolute Gasteiger partial charge is 0.291 e. The molecular weight excluding hydrogens is 286 g/mol. The second kappa shape index (κ2) is 4.67. The Hall–Kier alpha value is -1.69. The number of anilines is 1. The summed E-state index contributed by atoms with van der Waals surface area (Å²) in [5, 5.41) is 1.33. The quantitative estimate of drug-likeness (QED) is 0.894. The fourth-order valence-electron chi connectivity index (χ4n) is 1.41. The monoisotopic (exact) mass is 295 g/mol. The molecule has 0 atom stereocenters. The number of benzene rings is 1. The minimum Gasteiger partial charge on any atom is -0.291 e. The zero-order valence-corrected chi connectivity index (χ0v) is 10.7. The molecule has 6 heteroatoms. The molecule has 2 rings (SSSR count). The molecule has 17 heavy (non-hydrogen) atoms. The van der Waals surface area contributed by atoms with Crippen molar-refractivity contribution in [1.82, 2.24) is 5.43 Å². The summed E-state index contributed by atoms with van der Waals surface area (Å²) in [5.74, 6) is -0.190. The van der Waals surface area contributed by atoms with E-state index in [1.54, 1.807) is 12.1 Å². The minimum absolute atomic E-state index is 0.0159. The maximum absolute atomic E-state index is 11.7. The maximum atomic E-state index is 11.7. The zero-order valence-electron chi connectivity index (χ0n) is 9.11. The first-order valence-corrected chi connectivity index (χ1v) is 5.78. The highest BCUT2D eigenvalue weighted by atomic mass is 79.9. The van der Waals surface area contributed by atoms with Gasteiger partial charge in [-0.05, 0) is 24.3 Å². The van der Waals surface area contributed by atoms with Crippen LogP contribution in [0.15, 0.2) is 33.7 Å². The lowest BCUT2D eigenvalue weighted by molar-refractivity contribution is -0.118. The number of carbonyl (C=O) groups is 2. The van der Waals surface area contributed by atoms with E-state index >= 15 is 0 Å². The normalized spacial score (nSPS) is 15.3. The predicted octanol–water partition coefficient (Wildman–Crippen LogP) is 1.29. The summed E-state index contributed by atoms with van der Waals surface area (Å²) in [6.07, 6.45) is 0. The first-order chi connectivity index (χ1) is 8.08. The van der Waals surface area contributed by atoms with Gasteiger partial charge in [0.1, 0.15) is 6.54 Å². The molecule has 0 unspecified atom stereocenters. The van der Waals surface area contributed by atoms with Crippen LogP contribution in [0.5, 0.6) is 0 Å². The lowest BCUT2D eigenvalue weighted by Crippen LogP contribution is -2.53. The molecular formula is C11H10BrN3O2. The molecule has 1 aliphatic rings. The van der Waals surface area contributed by atoms with Gasteiger partial charge < -0.3 is 0 Å². The van der Waals surface area contributed by atoms with Crippen LogP contribution in [0.3, 0.4) is 0 Å². The van der Waals surface area contributed by atoms with Gasteiger partial charge in [0.2, 0.25) is 0 Å². The number of nitrogens with zero attached hydrogens (tertiary/aromatic N) is 2. The van der Waals surface area contributed by atoms with Gasteiger partial charge in [-0.2, -0.15) is 0 Å². The topological polar surface area (TPSA) is 61.8 Å². The van der Waals surface area contributed by atoms with Crippen molar-refractivity contribution in [3.63, 3.8) is 0 Å². The van der Waals surface area contributed by atoms with E-state index in [1.807, 2.05) is 12.1 Å². The van der Waals surface area contributed by atoms with Gasteiger partial charge >= 0.3 is 0 Å². The van der Waals surface area contributed by atoms with Gasteiger partial charge in [-0.15, -0.1) is 0 Å². The number of hydrazine groups is 1. The molecule has 1 heterocycles. The van der Waals surface area contributed by atoms with E-state index in [9.17, 15) is 9.59 Å². The Kier molecular flexibility index (Phi) is 3.23. The van der Waals surface area contributed by atoms with Crippen molar-refractivity contribution in [2.45, 2.75) is 6.92 Å². The van der Waals surface area contributed by atoms with Gasteiger partial charge in [-0.3, -0.25) is 20.0 Å². The molecule has 0 aliphatic carbocycles.